The summed E-state index contributed by atoms with van der Waals surface area (Å²) in [4.78, 5) is 12.4. The molecule has 1 heterocycles. The van der Waals surface area contributed by atoms with Crippen LogP contribution in [0.5, 0.6) is 0 Å². The van der Waals surface area contributed by atoms with Gasteiger partial charge < -0.3 is 11.1 Å². The fourth-order valence-corrected chi connectivity index (χ4v) is 2.30. The van der Waals surface area contributed by atoms with Gasteiger partial charge in [-0.25, -0.2) is 0 Å². The molecule has 0 saturated heterocycles. The second-order valence-corrected chi connectivity index (χ2v) is 5.20. The van der Waals surface area contributed by atoms with Crippen molar-refractivity contribution < 1.29 is 4.79 Å². The number of nitrogens with two attached hydrogens (primary N) is 1. The summed E-state index contributed by atoms with van der Waals surface area (Å²) in [6, 6.07) is 10.9. The van der Waals surface area contributed by atoms with Crippen molar-refractivity contribution in [2.75, 3.05) is 11.1 Å². The van der Waals surface area contributed by atoms with Crippen LogP contribution in [0.3, 0.4) is 0 Å². The van der Waals surface area contributed by atoms with Gasteiger partial charge in [0, 0.05) is 10.2 Å². The lowest BCUT2D eigenvalue weighted by molar-refractivity contribution is 0.103. The molecule has 3 nitrogen and oxygen atoms in total. The normalized spacial score (nSPS) is 10.1. The molecule has 0 aliphatic heterocycles. The minimum absolute atomic E-state index is 0.139. The predicted molar refractivity (Wildman–Crippen MR) is 70.8 cm³/mol. The zero-order chi connectivity index (χ0) is 11.5. The van der Waals surface area contributed by atoms with Crippen molar-refractivity contribution in [2.45, 2.75) is 0 Å². The lowest BCUT2D eigenvalue weighted by atomic mass is 10.3. The Labute approximate surface area is 105 Å². The third kappa shape index (κ3) is 2.62. The largest absolute Gasteiger partial charge is 0.391 e. The maximum absolute atomic E-state index is 11.8. The van der Waals surface area contributed by atoms with Gasteiger partial charge >= 0.3 is 0 Å². The zero-order valence-electron chi connectivity index (χ0n) is 8.24. The Kier molecular flexibility index (Phi) is 3.26. The monoisotopic (exact) mass is 296 g/mol. The van der Waals surface area contributed by atoms with E-state index in [-0.39, 0.29) is 5.91 Å². The lowest BCUT2D eigenvalue weighted by Crippen LogP contribution is -2.09. The molecular weight excluding hydrogens is 288 g/mol. The first-order valence-corrected chi connectivity index (χ1v) is 6.18. The summed E-state index contributed by atoms with van der Waals surface area (Å²) in [6.07, 6.45) is 0. The second kappa shape index (κ2) is 4.67. The Bertz CT molecular complexity index is 524. The quantitative estimate of drug-likeness (QED) is 0.893. The first kappa shape index (κ1) is 11.2. The number of halogens is 1. The van der Waals surface area contributed by atoms with E-state index in [9.17, 15) is 4.79 Å². The maximum Gasteiger partial charge on any atom is 0.265 e. The average Bonchev–Trinajstić information content (AvgIpc) is 2.65. The number of anilines is 2. The van der Waals surface area contributed by atoms with Gasteiger partial charge in [-0.05, 0) is 30.3 Å². The van der Waals surface area contributed by atoms with E-state index in [4.69, 9.17) is 5.73 Å². The first-order valence-electron chi connectivity index (χ1n) is 4.57. The van der Waals surface area contributed by atoms with Crippen LogP contribution in [0.4, 0.5) is 10.7 Å². The minimum Gasteiger partial charge on any atom is -0.391 e. The Morgan fingerprint density at radius 1 is 1.31 bits per heavy atom. The molecule has 1 amide bonds. The van der Waals surface area contributed by atoms with E-state index in [2.05, 4.69) is 21.2 Å². The molecular formula is C11H9BrN2OS. The molecule has 0 fully saturated rings. The highest BCUT2D eigenvalue weighted by Gasteiger charge is 2.08. The summed E-state index contributed by atoms with van der Waals surface area (Å²) in [7, 11) is 0. The van der Waals surface area contributed by atoms with Crippen LogP contribution in [-0.2, 0) is 0 Å². The van der Waals surface area contributed by atoms with Crippen molar-refractivity contribution >= 4 is 43.9 Å². The van der Waals surface area contributed by atoms with E-state index >= 15 is 0 Å². The number of carbonyl (C=O) groups is 1. The van der Waals surface area contributed by atoms with E-state index in [1.165, 1.54) is 11.3 Å². The fourth-order valence-electron chi connectivity index (χ4n) is 1.23. The van der Waals surface area contributed by atoms with Gasteiger partial charge in [-0.3, -0.25) is 4.79 Å². The molecule has 5 heteroatoms. The second-order valence-electron chi connectivity index (χ2n) is 3.17. The number of benzene rings is 1. The molecule has 1 aromatic heterocycles. The molecule has 2 aromatic rings. The summed E-state index contributed by atoms with van der Waals surface area (Å²) in [5.74, 6) is -0.139. The van der Waals surface area contributed by atoms with Crippen LogP contribution in [0, 0.1) is 0 Å². The molecule has 0 unspecified atom stereocenters. The topological polar surface area (TPSA) is 55.1 Å². The van der Waals surface area contributed by atoms with Crippen molar-refractivity contribution in [1.82, 2.24) is 0 Å². The van der Waals surface area contributed by atoms with Gasteiger partial charge in [-0.2, -0.15) is 0 Å². The zero-order valence-corrected chi connectivity index (χ0v) is 10.6. The minimum atomic E-state index is -0.139. The van der Waals surface area contributed by atoms with Crippen molar-refractivity contribution in [3.05, 3.63) is 45.7 Å². The molecule has 0 aliphatic carbocycles. The number of hydrogen-bond acceptors (Lipinski definition) is 3. The summed E-state index contributed by atoms with van der Waals surface area (Å²) in [5.41, 5.74) is 6.32. The van der Waals surface area contributed by atoms with Crippen molar-refractivity contribution in [1.29, 1.82) is 0 Å². The van der Waals surface area contributed by atoms with Crippen LogP contribution in [0.1, 0.15) is 9.67 Å². The molecule has 1 aromatic carbocycles. The van der Waals surface area contributed by atoms with E-state index < -0.39 is 0 Å². The molecule has 0 bridgehead atoms. The van der Waals surface area contributed by atoms with Crippen LogP contribution in [-0.4, -0.2) is 5.91 Å². The van der Waals surface area contributed by atoms with Gasteiger partial charge in [-0.15, -0.1) is 11.3 Å². The van der Waals surface area contributed by atoms with Crippen LogP contribution >= 0.6 is 27.3 Å². The number of carbonyl (C=O) groups excluding carboxylic acids is 1. The predicted octanol–water partition coefficient (Wildman–Crippen LogP) is 3.35. The van der Waals surface area contributed by atoms with Crippen LogP contribution in [0.2, 0.25) is 0 Å². The van der Waals surface area contributed by atoms with Crippen LogP contribution in [0.15, 0.2) is 40.9 Å². The number of nitrogen functional groups attached to an aromatic ring is 1. The van der Waals surface area contributed by atoms with Crippen molar-refractivity contribution in [2.24, 2.45) is 0 Å². The highest BCUT2D eigenvalue weighted by Crippen LogP contribution is 2.21. The molecule has 82 valence electrons. The summed E-state index contributed by atoms with van der Waals surface area (Å²) >= 11 is 4.62. The number of amides is 1. The Morgan fingerprint density at radius 3 is 2.75 bits per heavy atom. The molecule has 0 spiro atoms. The molecule has 2 rings (SSSR count). The van der Waals surface area contributed by atoms with Gasteiger partial charge in [0.1, 0.15) is 0 Å². The number of hydrogen-bond donors (Lipinski definition) is 2. The van der Waals surface area contributed by atoms with E-state index in [1.54, 1.807) is 12.1 Å². The Balaban J connectivity index is 2.13. The van der Waals surface area contributed by atoms with Crippen molar-refractivity contribution in [3.63, 3.8) is 0 Å². The molecule has 0 atom stereocenters. The maximum atomic E-state index is 11.8. The van der Waals surface area contributed by atoms with Gasteiger partial charge in [-0.1, -0.05) is 22.0 Å². The van der Waals surface area contributed by atoms with Crippen LogP contribution in [0.25, 0.3) is 0 Å². The van der Waals surface area contributed by atoms with Gasteiger partial charge in [0.25, 0.3) is 5.91 Å². The van der Waals surface area contributed by atoms with Gasteiger partial charge in [0.05, 0.1) is 9.88 Å². The average molecular weight is 297 g/mol. The van der Waals surface area contributed by atoms with Gasteiger partial charge in [0.15, 0.2) is 0 Å². The molecule has 0 radical (unpaired) electrons. The number of rotatable bonds is 2. The molecule has 0 aliphatic rings. The molecule has 0 saturated carbocycles. The summed E-state index contributed by atoms with van der Waals surface area (Å²) in [6.45, 7) is 0. The summed E-state index contributed by atoms with van der Waals surface area (Å²) in [5, 5.41) is 3.44. The smallest absolute Gasteiger partial charge is 0.265 e. The third-order valence-corrected chi connectivity index (χ3v) is 3.34. The third-order valence-electron chi connectivity index (χ3n) is 1.93. The highest BCUT2D eigenvalue weighted by molar-refractivity contribution is 9.10. The van der Waals surface area contributed by atoms with Gasteiger partial charge in [0.2, 0.25) is 0 Å². The van der Waals surface area contributed by atoms with E-state index in [1.807, 2.05) is 24.3 Å². The lowest BCUT2D eigenvalue weighted by Gasteiger charge is -2.03. The molecule has 16 heavy (non-hydrogen) atoms. The number of nitrogens with one attached hydrogen (secondary N) is 1. The summed E-state index contributed by atoms with van der Waals surface area (Å²) < 4.78 is 0.927. The van der Waals surface area contributed by atoms with E-state index in [0.717, 1.165) is 10.2 Å². The Hall–Kier alpha value is -1.33. The fraction of sp³-hybridized carbons (Fsp3) is 0. The standard InChI is InChI=1S/C11H9BrN2OS/c12-7-2-1-3-8(6-7)14-11(15)9-4-5-10(13)16-9/h1-6H,13H2,(H,14,15). The highest BCUT2D eigenvalue weighted by atomic mass is 79.9. The SMILES string of the molecule is Nc1ccc(C(=O)Nc2cccc(Br)c2)s1. The number of thiophene rings is 1. The van der Waals surface area contributed by atoms with Crippen molar-refractivity contribution in [3.8, 4) is 0 Å². The van der Waals surface area contributed by atoms with E-state index in [0.29, 0.717) is 9.88 Å². The first-order chi connectivity index (χ1) is 7.65. The van der Waals surface area contributed by atoms with Crippen LogP contribution < -0.4 is 11.1 Å². The molecule has 3 N–H and O–H groups in total. The Morgan fingerprint density at radius 2 is 2.12 bits per heavy atom.